The van der Waals surface area contributed by atoms with Gasteiger partial charge in [0.15, 0.2) is 16.6 Å². The Labute approximate surface area is 173 Å². The molecule has 2 heterocycles. The van der Waals surface area contributed by atoms with Crippen molar-refractivity contribution in [3.63, 3.8) is 0 Å². The molecule has 150 valence electrons. The lowest BCUT2D eigenvalue weighted by Gasteiger charge is -2.19. The number of thiazole rings is 1. The van der Waals surface area contributed by atoms with Gasteiger partial charge in [-0.3, -0.25) is 0 Å². The predicted molar refractivity (Wildman–Crippen MR) is 116 cm³/mol. The molecule has 0 fully saturated rings. The molecular formula is C20H26N4O2S2. The van der Waals surface area contributed by atoms with Crippen LogP contribution in [-0.2, 0) is 0 Å². The van der Waals surface area contributed by atoms with Crippen molar-refractivity contribution >= 4 is 39.3 Å². The Hall–Kier alpha value is -1.90. The van der Waals surface area contributed by atoms with Crippen LogP contribution in [-0.4, -0.2) is 39.8 Å². The van der Waals surface area contributed by atoms with Crippen LogP contribution in [0, 0.1) is 5.92 Å². The molecule has 2 N–H and O–H groups in total. The number of thioether (sulfide) groups is 1. The number of ether oxygens (including phenoxy) is 1. The van der Waals surface area contributed by atoms with E-state index in [1.165, 1.54) is 16.9 Å². The Bertz CT molecular complexity index is 902. The van der Waals surface area contributed by atoms with E-state index in [9.17, 15) is 5.11 Å². The molecule has 1 aromatic carbocycles. The number of nitrogens with zero attached hydrogens (tertiary/aromatic N) is 3. The van der Waals surface area contributed by atoms with E-state index in [0.29, 0.717) is 27.7 Å². The second-order valence-corrected chi connectivity index (χ2v) is 9.29. The average Bonchev–Trinajstić information content (AvgIpc) is 3.11. The second-order valence-electron chi connectivity index (χ2n) is 7.02. The van der Waals surface area contributed by atoms with Gasteiger partial charge in [-0.25, -0.2) is 9.97 Å². The van der Waals surface area contributed by atoms with E-state index in [2.05, 4.69) is 48.2 Å². The van der Waals surface area contributed by atoms with Gasteiger partial charge in [-0.05, 0) is 24.8 Å². The number of nitrogens with one attached hydrogen (secondary N) is 1. The Morgan fingerprint density at radius 2 is 1.89 bits per heavy atom. The van der Waals surface area contributed by atoms with Gasteiger partial charge in [0.1, 0.15) is 4.70 Å². The molecule has 0 saturated carbocycles. The van der Waals surface area contributed by atoms with Crippen molar-refractivity contribution in [1.82, 2.24) is 15.0 Å². The molecule has 0 spiro atoms. The average molecular weight is 419 g/mol. The maximum atomic E-state index is 9.78. The lowest BCUT2D eigenvalue weighted by molar-refractivity contribution is 0.259. The summed E-state index contributed by atoms with van der Waals surface area (Å²) >= 11 is 3.00. The first-order chi connectivity index (χ1) is 13.5. The fourth-order valence-electron chi connectivity index (χ4n) is 2.91. The highest BCUT2D eigenvalue weighted by molar-refractivity contribution is 7.99. The summed E-state index contributed by atoms with van der Waals surface area (Å²) in [7, 11) is 1.60. The summed E-state index contributed by atoms with van der Waals surface area (Å²) in [5.74, 6) is 1.16. The van der Waals surface area contributed by atoms with Gasteiger partial charge in [-0.2, -0.15) is 4.98 Å². The van der Waals surface area contributed by atoms with E-state index in [1.807, 2.05) is 18.2 Å². The van der Waals surface area contributed by atoms with E-state index in [4.69, 9.17) is 9.72 Å². The highest BCUT2D eigenvalue weighted by Gasteiger charge is 2.19. The molecule has 0 saturated heterocycles. The van der Waals surface area contributed by atoms with Crippen LogP contribution in [0.1, 0.15) is 38.0 Å². The number of hydrogen-bond donors (Lipinski definition) is 2. The first kappa shape index (κ1) is 20.8. The first-order valence-electron chi connectivity index (χ1n) is 9.31. The van der Waals surface area contributed by atoms with Crippen molar-refractivity contribution < 1.29 is 9.84 Å². The topological polar surface area (TPSA) is 80.2 Å². The first-order valence-corrected chi connectivity index (χ1v) is 11.0. The SMILES string of the molecule is COc1nc2nc(S[C@H](C)c3ccccc3)nc(N[C@@H](CO)CC(C)C)c2s1. The summed E-state index contributed by atoms with van der Waals surface area (Å²) in [6.45, 7) is 6.46. The number of aromatic nitrogens is 3. The number of benzene rings is 1. The van der Waals surface area contributed by atoms with Crippen molar-refractivity contribution in [2.24, 2.45) is 5.92 Å². The summed E-state index contributed by atoms with van der Waals surface area (Å²) < 4.78 is 6.14. The van der Waals surface area contributed by atoms with Crippen molar-refractivity contribution in [3.8, 4) is 5.19 Å². The fourth-order valence-corrected chi connectivity index (χ4v) is 4.58. The van der Waals surface area contributed by atoms with Gasteiger partial charge in [0.05, 0.1) is 19.8 Å². The Kier molecular flexibility index (Phi) is 7.09. The Morgan fingerprint density at radius 1 is 1.14 bits per heavy atom. The Balaban J connectivity index is 1.92. The van der Waals surface area contributed by atoms with Crippen LogP contribution in [0.25, 0.3) is 10.3 Å². The van der Waals surface area contributed by atoms with Crippen molar-refractivity contribution in [1.29, 1.82) is 0 Å². The zero-order valence-electron chi connectivity index (χ0n) is 16.5. The largest absolute Gasteiger partial charge is 0.473 e. The fraction of sp³-hybridized carbons (Fsp3) is 0.450. The van der Waals surface area contributed by atoms with E-state index in [0.717, 1.165) is 11.1 Å². The molecular weight excluding hydrogens is 392 g/mol. The minimum absolute atomic E-state index is 0.0442. The number of hydrogen-bond acceptors (Lipinski definition) is 8. The number of fused-ring (bicyclic) bond motifs is 1. The zero-order valence-corrected chi connectivity index (χ0v) is 18.2. The molecule has 6 nitrogen and oxygen atoms in total. The van der Waals surface area contributed by atoms with E-state index < -0.39 is 0 Å². The predicted octanol–water partition coefficient (Wildman–Crippen LogP) is 4.77. The smallest absolute Gasteiger partial charge is 0.275 e. The molecule has 0 aliphatic carbocycles. The highest BCUT2D eigenvalue weighted by atomic mass is 32.2. The molecule has 0 amide bonds. The molecule has 0 aliphatic rings. The number of anilines is 1. The molecule has 0 bridgehead atoms. The van der Waals surface area contributed by atoms with Crippen LogP contribution >= 0.6 is 23.1 Å². The van der Waals surface area contributed by atoms with Gasteiger partial charge < -0.3 is 15.2 Å². The minimum Gasteiger partial charge on any atom is -0.473 e. The van der Waals surface area contributed by atoms with Crippen LogP contribution in [0.5, 0.6) is 5.19 Å². The third-order valence-electron chi connectivity index (χ3n) is 4.26. The molecule has 28 heavy (non-hydrogen) atoms. The third-order valence-corrected chi connectivity index (χ3v) is 6.29. The standard InChI is InChI=1S/C20H26N4O2S2/c1-12(2)10-15(11-25)21-17-16-18(24-20(26-4)28-16)23-19(22-17)27-13(3)14-8-6-5-7-9-14/h5-9,12-13,15,25H,10-11H2,1-4H3,(H,21,22,23)/t13-,15-/m1/s1. The van der Waals surface area contributed by atoms with Gasteiger partial charge in [0.2, 0.25) is 0 Å². The molecule has 2 atom stereocenters. The molecule has 3 rings (SSSR count). The molecule has 8 heteroatoms. The summed E-state index contributed by atoms with van der Waals surface area (Å²) in [4.78, 5) is 13.8. The number of rotatable bonds is 9. The summed E-state index contributed by atoms with van der Waals surface area (Å²) in [5, 5.41) is 14.6. The van der Waals surface area contributed by atoms with Gasteiger partial charge in [0, 0.05) is 5.25 Å². The normalized spacial score (nSPS) is 13.6. The number of aliphatic hydroxyl groups is 1. The lowest BCUT2D eigenvalue weighted by Crippen LogP contribution is -2.26. The third kappa shape index (κ3) is 5.12. The second kappa shape index (κ2) is 9.54. The summed E-state index contributed by atoms with van der Waals surface area (Å²) in [6, 6.07) is 10.2. The number of methoxy groups -OCH3 is 1. The highest BCUT2D eigenvalue weighted by Crippen LogP contribution is 2.37. The monoisotopic (exact) mass is 418 g/mol. The molecule has 3 aromatic rings. The van der Waals surface area contributed by atoms with Crippen molar-refractivity contribution in [2.75, 3.05) is 19.0 Å². The molecule has 0 aliphatic heterocycles. The van der Waals surface area contributed by atoms with Crippen LogP contribution in [0.4, 0.5) is 5.82 Å². The zero-order chi connectivity index (χ0) is 20.1. The molecule has 0 radical (unpaired) electrons. The van der Waals surface area contributed by atoms with Gasteiger partial charge in [-0.1, -0.05) is 67.3 Å². The Morgan fingerprint density at radius 3 is 2.54 bits per heavy atom. The van der Waals surface area contributed by atoms with Crippen molar-refractivity contribution in [2.45, 2.75) is 43.6 Å². The minimum atomic E-state index is -0.0735. The molecule has 0 unspecified atom stereocenters. The number of aliphatic hydroxyl groups excluding tert-OH is 1. The van der Waals surface area contributed by atoms with Crippen LogP contribution in [0.3, 0.4) is 0 Å². The van der Waals surface area contributed by atoms with E-state index >= 15 is 0 Å². The van der Waals surface area contributed by atoms with Crippen molar-refractivity contribution in [3.05, 3.63) is 35.9 Å². The van der Waals surface area contributed by atoms with E-state index in [1.54, 1.807) is 18.9 Å². The van der Waals surface area contributed by atoms with Gasteiger partial charge >= 0.3 is 0 Å². The maximum Gasteiger partial charge on any atom is 0.275 e. The van der Waals surface area contributed by atoms with E-state index in [-0.39, 0.29) is 17.9 Å². The summed E-state index contributed by atoms with van der Waals surface area (Å²) in [6.07, 6.45) is 0.848. The maximum absolute atomic E-state index is 9.78. The van der Waals surface area contributed by atoms with Gasteiger partial charge in [0.25, 0.3) is 5.19 Å². The van der Waals surface area contributed by atoms with Crippen LogP contribution in [0.2, 0.25) is 0 Å². The van der Waals surface area contributed by atoms with Crippen LogP contribution in [0.15, 0.2) is 35.5 Å². The lowest BCUT2D eigenvalue weighted by atomic mass is 10.0. The summed E-state index contributed by atoms with van der Waals surface area (Å²) in [5.41, 5.74) is 1.83. The van der Waals surface area contributed by atoms with Crippen LogP contribution < -0.4 is 10.1 Å². The van der Waals surface area contributed by atoms with Gasteiger partial charge in [-0.15, -0.1) is 0 Å². The molecule has 2 aromatic heterocycles. The quantitative estimate of drug-likeness (QED) is 0.383.